The van der Waals surface area contributed by atoms with Gasteiger partial charge in [0.15, 0.2) is 5.58 Å². The minimum atomic E-state index is -0.522. The fraction of sp³-hybridized carbons (Fsp3) is 0.118. The van der Waals surface area contributed by atoms with Gasteiger partial charge in [0.05, 0.1) is 18.2 Å². The van der Waals surface area contributed by atoms with Gasteiger partial charge in [-0.3, -0.25) is 0 Å². The van der Waals surface area contributed by atoms with Crippen LogP contribution in [0.3, 0.4) is 0 Å². The Kier molecular flexibility index (Phi) is 3.89. The summed E-state index contributed by atoms with van der Waals surface area (Å²) >= 11 is 3.47. The molecule has 3 rings (SSSR count). The molecule has 2 aromatic carbocycles. The maximum atomic E-state index is 11.7. The SMILES string of the molecule is COC(=O)c1cc(C#N)c2oc(-c3cccc(Br)c3C)nc2c1. The first-order valence-electron chi connectivity index (χ1n) is 6.73. The Morgan fingerprint density at radius 1 is 1.39 bits per heavy atom. The number of halogens is 1. The molecule has 114 valence electrons. The van der Waals surface area contributed by atoms with Gasteiger partial charge in [0.25, 0.3) is 0 Å². The Bertz CT molecular complexity index is 970. The van der Waals surface area contributed by atoms with Crippen molar-refractivity contribution < 1.29 is 13.9 Å². The molecular weight excluding hydrogens is 360 g/mol. The normalized spacial score (nSPS) is 10.5. The lowest BCUT2D eigenvalue weighted by molar-refractivity contribution is 0.0601. The van der Waals surface area contributed by atoms with Gasteiger partial charge in [-0.25, -0.2) is 9.78 Å². The van der Waals surface area contributed by atoms with Crippen LogP contribution in [0.15, 0.2) is 39.2 Å². The molecule has 1 aromatic heterocycles. The smallest absolute Gasteiger partial charge is 0.337 e. The summed E-state index contributed by atoms with van der Waals surface area (Å²) in [6.07, 6.45) is 0. The first-order valence-corrected chi connectivity index (χ1v) is 7.53. The second-order valence-corrected chi connectivity index (χ2v) is 5.76. The number of benzene rings is 2. The number of ether oxygens (including phenoxy) is 1. The molecule has 0 saturated carbocycles. The third-order valence-corrected chi connectivity index (χ3v) is 4.39. The van der Waals surface area contributed by atoms with Crippen molar-refractivity contribution in [2.45, 2.75) is 6.92 Å². The van der Waals surface area contributed by atoms with E-state index in [0.717, 1.165) is 15.6 Å². The van der Waals surface area contributed by atoms with Gasteiger partial charge in [-0.05, 0) is 36.8 Å². The molecule has 1 heterocycles. The van der Waals surface area contributed by atoms with Gasteiger partial charge in [0.1, 0.15) is 11.6 Å². The standard InChI is InChI=1S/C17H11BrN2O3/c1-9-12(4-3-5-13(9)18)16-20-14-7-10(17(21)22-2)6-11(8-19)15(14)23-16/h3-7H,1-2H3. The van der Waals surface area contributed by atoms with E-state index in [2.05, 4.69) is 20.9 Å². The van der Waals surface area contributed by atoms with Crippen molar-refractivity contribution in [1.82, 2.24) is 4.98 Å². The lowest BCUT2D eigenvalue weighted by atomic mass is 10.1. The maximum absolute atomic E-state index is 11.7. The van der Waals surface area contributed by atoms with Crippen LogP contribution in [-0.4, -0.2) is 18.1 Å². The van der Waals surface area contributed by atoms with Crippen molar-refractivity contribution in [1.29, 1.82) is 5.26 Å². The molecule has 6 heteroatoms. The van der Waals surface area contributed by atoms with Gasteiger partial charge in [-0.1, -0.05) is 22.0 Å². The fourth-order valence-electron chi connectivity index (χ4n) is 2.31. The van der Waals surface area contributed by atoms with Crippen LogP contribution in [0.25, 0.3) is 22.6 Å². The molecule has 0 spiro atoms. The Balaban J connectivity index is 2.25. The molecule has 3 aromatic rings. The Morgan fingerprint density at radius 3 is 2.87 bits per heavy atom. The summed E-state index contributed by atoms with van der Waals surface area (Å²) in [5, 5.41) is 9.30. The third kappa shape index (κ3) is 2.60. The van der Waals surface area contributed by atoms with Gasteiger partial charge in [0, 0.05) is 10.0 Å². The van der Waals surface area contributed by atoms with E-state index in [9.17, 15) is 10.1 Å². The predicted octanol–water partition coefficient (Wildman–Crippen LogP) is 4.22. The zero-order chi connectivity index (χ0) is 16.6. The number of carbonyl (C=O) groups is 1. The average molecular weight is 371 g/mol. The minimum absolute atomic E-state index is 0.245. The van der Waals surface area contributed by atoms with Gasteiger partial charge in [-0.2, -0.15) is 5.26 Å². The monoisotopic (exact) mass is 370 g/mol. The van der Waals surface area contributed by atoms with Gasteiger partial charge in [-0.15, -0.1) is 0 Å². The van der Waals surface area contributed by atoms with Crippen molar-refractivity contribution in [3.05, 3.63) is 51.5 Å². The highest BCUT2D eigenvalue weighted by Crippen LogP contribution is 2.32. The molecule has 0 unspecified atom stereocenters. The highest BCUT2D eigenvalue weighted by Gasteiger charge is 2.17. The number of methoxy groups -OCH3 is 1. The van der Waals surface area contributed by atoms with Crippen molar-refractivity contribution in [2.75, 3.05) is 7.11 Å². The number of fused-ring (bicyclic) bond motifs is 1. The first kappa shape index (κ1) is 15.3. The highest BCUT2D eigenvalue weighted by atomic mass is 79.9. The first-order chi connectivity index (χ1) is 11.0. The summed E-state index contributed by atoms with van der Waals surface area (Å²) in [5.41, 5.74) is 3.11. The maximum Gasteiger partial charge on any atom is 0.337 e. The van der Waals surface area contributed by atoms with Crippen LogP contribution in [0.1, 0.15) is 21.5 Å². The van der Waals surface area contributed by atoms with Crippen LogP contribution in [0.2, 0.25) is 0 Å². The average Bonchev–Trinajstić information content (AvgIpc) is 2.99. The lowest BCUT2D eigenvalue weighted by Gasteiger charge is -2.02. The van der Waals surface area contributed by atoms with E-state index in [-0.39, 0.29) is 11.1 Å². The highest BCUT2D eigenvalue weighted by molar-refractivity contribution is 9.10. The molecule has 0 fully saturated rings. The quantitative estimate of drug-likeness (QED) is 0.631. The van der Waals surface area contributed by atoms with E-state index in [0.29, 0.717) is 17.0 Å². The van der Waals surface area contributed by atoms with E-state index in [4.69, 9.17) is 9.15 Å². The number of oxazole rings is 1. The summed E-state index contributed by atoms with van der Waals surface area (Å²) < 4.78 is 11.4. The zero-order valence-electron chi connectivity index (χ0n) is 12.4. The molecule has 0 N–H and O–H groups in total. The van der Waals surface area contributed by atoms with Gasteiger partial charge < -0.3 is 9.15 Å². The number of rotatable bonds is 2. The van der Waals surface area contributed by atoms with Crippen LogP contribution in [-0.2, 0) is 4.74 Å². The van der Waals surface area contributed by atoms with E-state index in [1.807, 2.05) is 31.2 Å². The van der Waals surface area contributed by atoms with Gasteiger partial charge >= 0.3 is 5.97 Å². The molecule has 0 atom stereocenters. The van der Waals surface area contributed by atoms with Crippen molar-refractivity contribution in [2.24, 2.45) is 0 Å². The molecule has 5 nitrogen and oxygen atoms in total. The zero-order valence-corrected chi connectivity index (χ0v) is 14.0. The predicted molar refractivity (Wildman–Crippen MR) is 87.9 cm³/mol. The van der Waals surface area contributed by atoms with Crippen LogP contribution in [0, 0.1) is 18.3 Å². The minimum Gasteiger partial charge on any atom is -0.465 e. The van der Waals surface area contributed by atoms with Crippen molar-refractivity contribution in [3.8, 4) is 17.5 Å². The van der Waals surface area contributed by atoms with Crippen LogP contribution < -0.4 is 0 Å². The number of nitrogens with zero attached hydrogens (tertiary/aromatic N) is 2. The molecule has 0 aliphatic heterocycles. The summed E-state index contributed by atoms with van der Waals surface area (Å²) in [6, 6.07) is 10.7. The van der Waals surface area contributed by atoms with E-state index < -0.39 is 5.97 Å². The summed E-state index contributed by atoms with van der Waals surface area (Å²) in [7, 11) is 1.29. The number of aromatic nitrogens is 1. The topological polar surface area (TPSA) is 76.1 Å². The van der Waals surface area contributed by atoms with Crippen LogP contribution in [0.4, 0.5) is 0 Å². The fourth-order valence-corrected chi connectivity index (χ4v) is 2.67. The number of nitriles is 1. The van der Waals surface area contributed by atoms with Crippen molar-refractivity contribution >= 4 is 33.0 Å². The van der Waals surface area contributed by atoms with E-state index in [1.165, 1.54) is 13.2 Å². The molecule has 0 radical (unpaired) electrons. The molecule has 0 amide bonds. The second-order valence-electron chi connectivity index (χ2n) is 4.91. The number of carbonyl (C=O) groups excluding carboxylic acids is 1. The largest absolute Gasteiger partial charge is 0.465 e. The number of esters is 1. The summed E-state index contributed by atoms with van der Waals surface area (Å²) in [4.78, 5) is 16.1. The van der Waals surface area contributed by atoms with E-state index in [1.54, 1.807) is 6.07 Å². The molecular formula is C17H11BrN2O3. The second kappa shape index (κ2) is 5.86. The molecule has 0 aliphatic rings. The van der Waals surface area contributed by atoms with E-state index >= 15 is 0 Å². The Labute approximate surface area is 140 Å². The van der Waals surface area contributed by atoms with Crippen LogP contribution >= 0.6 is 15.9 Å². The van der Waals surface area contributed by atoms with Gasteiger partial charge in [0.2, 0.25) is 5.89 Å². The molecule has 0 saturated heterocycles. The molecule has 23 heavy (non-hydrogen) atoms. The summed E-state index contributed by atoms with van der Waals surface area (Å²) in [6.45, 7) is 1.94. The Morgan fingerprint density at radius 2 is 2.17 bits per heavy atom. The Hall–Kier alpha value is -2.65. The lowest BCUT2D eigenvalue weighted by Crippen LogP contribution is -2.01. The third-order valence-electron chi connectivity index (χ3n) is 3.53. The summed E-state index contributed by atoms with van der Waals surface area (Å²) in [5.74, 6) is -0.121. The van der Waals surface area contributed by atoms with Crippen LogP contribution in [0.5, 0.6) is 0 Å². The number of hydrogen-bond donors (Lipinski definition) is 0. The number of hydrogen-bond acceptors (Lipinski definition) is 5. The van der Waals surface area contributed by atoms with Crippen molar-refractivity contribution in [3.63, 3.8) is 0 Å². The molecule has 0 aliphatic carbocycles. The molecule has 0 bridgehead atoms.